The van der Waals surface area contributed by atoms with Crippen LogP contribution in [-0.4, -0.2) is 26.4 Å². The number of anilines is 1. The monoisotopic (exact) mass is 253 g/mol. The molecule has 0 aliphatic rings. The summed E-state index contributed by atoms with van der Waals surface area (Å²) in [6.45, 7) is 1.87. The van der Waals surface area contributed by atoms with E-state index < -0.39 is 10.0 Å². The number of nitrogens with one attached hydrogen (secondary N) is 1. The first kappa shape index (κ1) is 13.6. The van der Waals surface area contributed by atoms with Gasteiger partial charge in [-0.15, -0.1) is 0 Å². The maximum absolute atomic E-state index is 11.2. The van der Waals surface area contributed by atoms with E-state index in [1.165, 1.54) is 0 Å². The lowest BCUT2D eigenvalue weighted by Gasteiger charge is -2.07. The summed E-state index contributed by atoms with van der Waals surface area (Å²) >= 11 is 0. The zero-order chi connectivity index (χ0) is 12.9. The molecule has 5 heteroatoms. The molecule has 0 fully saturated rings. The van der Waals surface area contributed by atoms with Crippen LogP contribution in [0.3, 0.4) is 0 Å². The number of sulfonamides is 1. The van der Waals surface area contributed by atoms with Crippen LogP contribution in [-0.2, 0) is 10.0 Å². The smallest absolute Gasteiger partial charge is 0.229 e. The molecule has 0 aliphatic heterocycles. The van der Waals surface area contributed by atoms with Gasteiger partial charge in [0.05, 0.1) is 18.6 Å². The molecule has 0 radical (unpaired) electrons. The first-order valence-corrected chi connectivity index (χ1v) is 6.99. The molecular formula is C12H15NO3S. The van der Waals surface area contributed by atoms with Crippen molar-refractivity contribution in [1.29, 1.82) is 0 Å². The topological polar surface area (TPSA) is 66.4 Å². The van der Waals surface area contributed by atoms with Crippen molar-refractivity contribution in [3.05, 3.63) is 29.3 Å². The molecule has 0 aliphatic carbocycles. The van der Waals surface area contributed by atoms with Crippen LogP contribution in [0, 0.1) is 18.8 Å². The second-order valence-electron chi connectivity index (χ2n) is 3.70. The first-order valence-electron chi connectivity index (χ1n) is 5.10. The van der Waals surface area contributed by atoms with E-state index in [2.05, 4.69) is 16.6 Å². The van der Waals surface area contributed by atoms with E-state index in [0.29, 0.717) is 17.7 Å². The minimum atomic E-state index is -3.31. The molecule has 1 rings (SSSR count). The maximum Gasteiger partial charge on any atom is 0.229 e. The summed E-state index contributed by atoms with van der Waals surface area (Å²) in [5.41, 5.74) is 2.02. The molecule has 0 heterocycles. The van der Waals surface area contributed by atoms with E-state index in [1.807, 2.05) is 13.0 Å². The summed E-state index contributed by atoms with van der Waals surface area (Å²) in [6, 6.07) is 5.34. The summed E-state index contributed by atoms with van der Waals surface area (Å²) in [4.78, 5) is 0. The van der Waals surface area contributed by atoms with Crippen LogP contribution >= 0.6 is 0 Å². The predicted octanol–water partition coefficient (Wildman–Crippen LogP) is 1.10. The van der Waals surface area contributed by atoms with Gasteiger partial charge in [-0.05, 0) is 24.6 Å². The minimum Gasteiger partial charge on any atom is -0.395 e. The Morgan fingerprint density at radius 1 is 1.41 bits per heavy atom. The van der Waals surface area contributed by atoms with E-state index >= 15 is 0 Å². The fourth-order valence-corrected chi connectivity index (χ4v) is 1.83. The molecule has 0 saturated carbocycles. The van der Waals surface area contributed by atoms with Gasteiger partial charge in [-0.1, -0.05) is 17.9 Å². The van der Waals surface area contributed by atoms with E-state index in [0.717, 1.165) is 11.8 Å². The van der Waals surface area contributed by atoms with Crippen LogP contribution in [0.25, 0.3) is 0 Å². The third-order valence-corrected chi connectivity index (χ3v) is 2.52. The van der Waals surface area contributed by atoms with Crippen molar-refractivity contribution < 1.29 is 13.5 Å². The lowest BCUT2D eigenvalue weighted by molar-refractivity contribution is 0.305. The summed E-state index contributed by atoms with van der Waals surface area (Å²) in [6.07, 6.45) is 1.46. The average molecular weight is 253 g/mol. The number of hydrogen-bond acceptors (Lipinski definition) is 3. The molecule has 0 amide bonds. The molecule has 1 aromatic rings. The molecule has 1 aromatic carbocycles. The molecule has 0 spiro atoms. The van der Waals surface area contributed by atoms with Gasteiger partial charge < -0.3 is 5.11 Å². The second kappa shape index (κ2) is 5.71. The summed E-state index contributed by atoms with van der Waals surface area (Å²) in [5, 5.41) is 8.63. The third-order valence-electron chi connectivity index (χ3n) is 1.93. The van der Waals surface area contributed by atoms with Crippen LogP contribution in [0.4, 0.5) is 5.69 Å². The van der Waals surface area contributed by atoms with Gasteiger partial charge in [-0.2, -0.15) is 0 Å². The molecule has 92 valence electrons. The molecule has 2 N–H and O–H groups in total. The van der Waals surface area contributed by atoms with Crippen molar-refractivity contribution in [2.24, 2.45) is 0 Å². The van der Waals surface area contributed by atoms with Gasteiger partial charge in [0.15, 0.2) is 0 Å². The Hall–Kier alpha value is -1.51. The van der Waals surface area contributed by atoms with Crippen molar-refractivity contribution in [3.8, 4) is 11.8 Å². The molecule has 0 unspecified atom stereocenters. The maximum atomic E-state index is 11.2. The Bertz CT molecular complexity index is 553. The quantitative estimate of drug-likeness (QED) is 0.793. The molecule has 0 bridgehead atoms. The van der Waals surface area contributed by atoms with Crippen LogP contribution in [0.1, 0.15) is 17.5 Å². The van der Waals surface area contributed by atoms with E-state index in [4.69, 9.17) is 5.11 Å². The van der Waals surface area contributed by atoms with Crippen molar-refractivity contribution in [2.75, 3.05) is 17.6 Å². The highest BCUT2D eigenvalue weighted by Gasteiger charge is 2.06. The number of aryl methyl sites for hydroxylation is 1. The largest absolute Gasteiger partial charge is 0.395 e. The standard InChI is InChI=1S/C12H15NO3S/c1-10-6-7-11(5-3-4-8-14)12(9-10)13-17(2,15)16/h6-7,9,13-14H,4,8H2,1-2H3. The lowest BCUT2D eigenvalue weighted by Crippen LogP contribution is -2.10. The van der Waals surface area contributed by atoms with Gasteiger partial charge in [0.2, 0.25) is 10.0 Å². The average Bonchev–Trinajstić information content (AvgIpc) is 2.19. The number of rotatable bonds is 3. The van der Waals surface area contributed by atoms with Crippen LogP contribution < -0.4 is 4.72 Å². The second-order valence-corrected chi connectivity index (χ2v) is 5.45. The summed E-state index contributed by atoms with van der Waals surface area (Å²) < 4.78 is 24.8. The van der Waals surface area contributed by atoms with Gasteiger partial charge in [0.1, 0.15) is 0 Å². The summed E-state index contributed by atoms with van der Waals surface area (Å²) in [7, 11) is -3.31. The zero-order valence-corrected chi connectivity index (χ0v) is 10.6. The fraction of sp³-hybridized carbons (Fsp3) is 0.333. The molecule has 0 atom stereocenters. The summed E-state index contributed by atoms with van der Waals surface area (Å²) in [5.74, 6) is 5.59. The Morgan fingerprint density at radius 3 is 2.71 bits per heavy atom. The van der Waals surface area contributed by atoms with E-state index in [9.17, 15) is 8.42 Å². The number of aliphatic hydroxyl groups excluding tert-OH is 1. The Kier molecular flexibility index (Phi) is 4.55. The van der Waals surface area contributed by atoms with Gasteiger partial charge in [-0.25, -0.2) is 8.42 Å². The normalized spacial score (nSPS) is 10.5. The Morgan fingerprint density at radius 2 is 2.12 bits per heavy atom. The van der Waals surface area contributed by atoms with E-state index in [-0.39, 0.29) is 6.61 Å². The third kappa shape index (κ3) is 4.89. The lowest BCUT2D eigenvalue weighted by atomic mass is 10.1. The fourth-order valence-electron chi connectivity index (χ4n) is 1.26. The molecule has 0 aromatic heterocycles. The minimum absolute atomic E-state index is 0.00625. The first-order chi connectivity index (χ1) is 7.92. The zero-order valence-electron chi connectivity index (χ0n) is 9.82. The van der Waals surface area contributed by atoms with Crippen molar-refractivity contribution >= 4 is 15.7 Å². The highest BCUT2D eigenvalue weighted by molar-refractivity contribution is 7.92. The Balaban J connectivity index is 3.09. The predicted molar refractivity (Wildman–Crippen MR) is 68.2 cm³/mol. The van der Waals surface area contributed by atoms with Gasteiger partial charge in [0.25, 0.3) is 0 Å². The van der Waals surface area contributed by atoms with Crippen molar-refractivity contribution in [1.82, 2.24) is 0 Å². The van der Waals surface area contributed by atoms with Crippen LogP contribution in [0.15, 0.2) is 18.2 Å². The highest BCUT2D eigenvalue weighted by atomic mass is 32.2. The van der Waals surface area contributed by atoms with E-state index in [1.54, 1.807) is 12.1 Å². The molecule has 0 saturated heterocycles. The molecular weight excluding hydrogens is 238 g/mol. The number of benzene rings is 1. The SMILES string of the molecule is Cc1ccc(C#CCCO)c(NS(C)(=O)=O)c1. The van der Waals surface area contributed by atoms with Gasteiger partial charge in [-0.3, -0.25) is 4.72 Å². The highest BCUT2D eigenvalue weighted by Crippen LogP contribution is 2.17. The molecule has 4 nitrogen and oxygen atoms in total. The van der Waals surface area contributed by atoms with Gasteiger partial charge in [0, 0.05) is 12.0 Å². The Labute approximate surface area is 102 Å². The van der Waals surface area contributed by atoms with Crippen molar-refractivity contribution in [2.45, 2.75) is 13.3 Å². The van der Waals surface area contributed by atoms with Crippen LogP contribution in [0.2, 0.25) is 0 Å². The van der Waals surface area contributed by atoms with Crippen LogP contribution in [0.5, 0.6) is 0 Å². The van der Waals surface area contributed by atoms with Gasteiger partial charge >= 0.3 is 0 Å². The number of hydrogen-bond donors (Lipinski definition) is 2. The molecule has 17 heavy (non-hydrogen) atoms. The number of aliphatic hydroxyl groups is 1. The van der Waals surface area contributed by atoms with Crippen molar-refractivity contribution in [3.63, 3.8) is 0 Å².